The minimum atomic E-state index is -2.01. The topological polar surface area (TPSA) is 52.6 Å². The minimum absolute atomic E-state index is 0.116. The Labute approximate surface area is 81.5 Å². The lowest BCUT2D eigenvalue weighted by Gasteiger charge is -2.29. The van der Waals surface area contributed by atoms with Crippen molar-refractivity contribution in [2.75, 3.05) is 32.5 Å². The Morgan fingerprint density at radius 3 is 2.77 bits per heavy atom. The highest BCUT2D eigenvalue weighted by atomic mass is 32.2. The summed E-state index contributed by atoms with van der Waals surface area (Å²) in [6.07, 6.45) is 0.811. The second-order valence-corrected chi connectivity index (χ2v) is 4.45. The van der Waals surface area contributed by atoms with Gasteiger partial charge in [-0.3, -0.25) is 4.21 Å². The molecule has 13 heavy (non-hydrogen) atoms. The van der Waals surface area contributed by atoms with Crippen molar-refractivity contribution in [3.63, 3.8) is 0 Å². The van der Waals surface area contributed by atoms with Crippen LogP contribution in [0.3, 0.4) is 0 Å². The standard InChI is InChI=1S/C8H17NO3S/c1-3-12-8(7-13(10)11)4-5-9(2)6-8/h3-7H2,1-2H3,(H,10,11)/p-1. The summed E-state index contributed by atoms with van der Waals surface area (Å²) in [4.78, 5) is 2.10. The summed E-state index contributed by atoms with van der Waals surface area (Å²) in [5, 5.41) is 0. The van der Waals surface area contributed by atoms with Gasteiger partial charge in [0.05, 0.1) is 5.60 Å². The average molecular weight is 206 g/mol. The SMILES string of the molecule is CCOC1(CS(=O)[O-])CCN(C)C1. The number of likely N-dealkylation sites (N-methyl/N-ethyl adjacent to an activating group) is 1. The first-order valence-electron chi connectivity index (χ1n) is 4.46. The van der Waals surface area contributed by atoms with Crippen LogP contribution in [0.25, 0.3) is 0 Å². The molecule has 0 aromatic rings. The van der Waals surface area contributed by atoms with Crippen LogP contribution in [0.4, 0.5) is 0 Å². The molecule has 2 unspecified atom stereocenters. The monoisotopic (exact) mass is 206 g/mol. The Hall–Kier alpha value is 0.0300. The van der Waals surface area contributed by atoms with Gasteiger partial charge in [0, 0.05) is 25.4 Å². The van der Waals surface area contributed by atoms with Crippen LogP contribution in [-0.4, -0.2) is 51.8 Å². The van der Waals surface area contributed by atoms with Gasteiger partial charge < -0.3 is 14.2 Å². The lowest BCUT2D eigenvalue weighted by molar-refractivity contribution is -0.0121. The number of hydrogen-bond donors (Lipinski definition) is 0. The van der Waals surface area contributed by atoms with E-state index in [1.54, 1.807) is 0 Å². The van der Waals surface area contributed by atoms with E-state index in [0.29, 0.717) is 6.61 Å². The zero-order valence-corrected chi connectivity index (χ0v) is 8.93. The van der Waals surface area contributed by atoms with Crippen LogP contribution in [0.1, 0.15) is 13.3 Å². The zero-order valence-electron chi connectivity index (χ0n) is 8.12. The number of rotatable bonds is 4. The molecule has 1 rings (SSSR count). The number of nitrogens with zero attached hydrogens (tertiary/aromatic N) is 1. The van der Waals surface area contributed by atoms with Crippen molar-refractivity contribution in [2.24, 2.45) is 0 Å². The molecule has 1 aliphatic heterocycles. The lowest BCUT2D eigenvalue weighted by atomic mass is 10.1. The van der Waals surface area contributed by atoms with Gasteiger partial charge in [-0.15, -0.1) is 0 Å². The van der Waals surface area contributed by atoms with Gasteiger partial charge in [-0.1, -0.05) is 11.1 Å². The molecular formula is C8H16NO3S-. The Bertz CT molecular complexity index is 196. The summed E-state index contributed by atoms with van der Waals surface area (Å²) in [5.41, 5.74) is -0.448. The predicted molar refractivity (Wildman–Crippen MR) is 50.3 cm³/mol. The van der Waals surface area contributed by atoms with Gasteiger partial charge in [0.2, 0.25) is 0 Å². The largest absolute Gasteiger partial charge is 0.772 e. The molecule has 4 nitrogen and oxygen atoms in total. The summed E-state index contributed by atoms with van der Waals surface area (Å²) in [6.45, 7) is 4.10. The molecular weight excluding hydrogens is 190 g/mol. The molecule has 0 saturated carbocycles. The molecule has 0 aromatic carbocycles. The molecule has 0 N–H and O–H groups in total. The van der Waals surface area contributed by atoms with Crippen molar-refractivity contribution < 1.29 is 13.5 Å². The summed E-state index contributed by atoms with van der Waals surface area (Å²) in [7, 11) is 1.98. The third-order valence-electron chi connectivity index (χ3n) is 2.34. The molecule has 78 valence electrons. The summed E-state index contributed by atoms with van der Waals surface area (Å²) in [5.74, 6) is 0.116. The average Bonchev–Trinajstić information content (AvgIpc) is 2.31. The lowest BCUT2D eigenvalue weighted by Crippen LogP contribution is -2.41. The Morgan fingerprint density at radius 1 is 1.69 bits per heavy atom. The van der Waals surface area contributed by atoms with Crippen LogP contribution in [-0.2, 0) is 15.8 Å². The number of hydrogen-bond acceptors (Lipinski definition) is 4. The van der Waals surface area contributed by atoms with Crippen LogP contribution in [0.2, 0.25) is 0 Å². The normalized spacial score (nSPS) is 32.2. The molecule has 1 fully saturated rings. The van der Waals surface area contributed by atoms with Crippen LogP contribution >= 0.6 is 0 Å². The van der Waals surface area contributed by atoms with Crippen molar-refractivity contribution in [3.8, 4) is 0 Å². The van der Waals surface area contributed by atoms with E-state index < -0.39 is 16.7 Å². The van der Waals surface area contributed by atoms with E-state index in [9.17, 15) is 8.76 Å². The fraction of sp³-hybridized carbons (Fsp3) is 1.00. The van der Waals surface area contributed by atoms with E-state index in [-0.39, 0.29) is 5.75 Å². The van der Waals surface area contributed by atoms with Gasteiger partial charge >= 0.3 is 0 Å². The van der Waals surface area contributed by atoms with E-state index in [4.69, 9.17) is 4.74 Å². The zero-order chi connectivity index (χ0) is 9.90. The van der Waals surface area contributed by atoms with Crippen molar-refractivity contribution in [1.82, 2.24) is 4.90 Å². The van der Waals surface area contributed by atoms with Crippen LogP contribution in [0.15, 0.2) is 0 Å². The van der Waals surface area contributed by atoms with Gasteiger partial charge in [-0.2, -0.15) is 0 Å². The highest BCUT2D eigenvalue weighted by Crippen LogP contribution is 2.25. The van der Waals surface area contributed by atoms with Crippen molar-refractivity contribution in [1.29, 1.82) is 0 Å². The fourth-order valence-electron chi connectivity index (χ4n) is 1.84. The van der Waals surface area contributed by atoms with E-state index in [1.165, 1.54) is 0 Å². The molecule has 1 saturated heterocycles. The molecule has 0 bridgehead atoms. The Morgan fingerprint density at radius 2 is 2.38 bits per heavy atom. The van der Waals surface area contributed by atoms with Crippen LogP contribution in [0.5, 0.6) is 0 Å². The molecule has 1 aliphatic rings. The second-order valence-electron chi connectivity index (χ2n) is 3.55. The molecule has 0 aromatic heterocycles. The van der Waals surface area contributed by atoms with Gasteiger partial charge in [0.25, 0.3) is 0 Å². The third kappa shape index (κ3) is 3.02. The molecule has 0 spiro atoms. The molecule has 0 aliphatic carbocycles. The fourth-order valence-corrected chi connectivity index (χ4v) is 2.59. The molecule has 5 heteroatoms. The van der Waals surface area contributed by atoms with Crippen molar-refractivity contribution in [3.05, 3.63) is 0 Å². The molecule has 2 atom stereocenters. The molecule has 1 heterocycles. The smallest absolute Gasteiger partial charge is 0.0924 e. The maximum absolute atomic E-state index is 10.6. The summed E-state index contributed by atoms with van der Waals surface area (Å²) in [6, 6.07) is 0. The first-order chi connectivity index (χ1) is 6.08. The molecule has 0 radical (unpaired) electrons. The number of likely N-dealkylation sites (tertiary alicyclic amines) is 1. The predicted octanol–water partition coefficient (Wildman–Crippen LogP) is -0.0237. The Balaban J connectivity index is 2.59. The van der Waals surface area contributed by atoms with Gasteiger partial charge in [-0.05, 0) is 20.4 Å². The van der Waals surface area contributed by atoms with Gasteiger partial charge in [-0.25, -0.2) is 0 Å². The second kappa shape index (κ2) is 4.50. The van der Waals surface area contributed by atoms with E-state index >= 15 is 0 Å². The highest BCUT2D eigenvalue weighted by molar-refractivity contribution is 7.79. The van der Waals surface area contributed by atoms with E-state index in [1.807, 2.05) is 14.0 Å². The molecule has 0 amide bonds. The van der Waals surface area contributed by atoms with Gasteiger partial charge in [0.15, 0.2) is 0 Å². The minimum Gasteiger partial charge on any atom is -0.772 e. The summed E-state index contributed by atoms with van der Waals surface area (Å²) >= 11 is -2.01. The van der Waals surface area contributed by atoms with Crippen molar-refractivity contribution in [2.45, 2.75) is 18.9 Å². The van der Waals surface area contributed by atoms with E-state index in [2.05, 4.69) is 4.90 Å². The van der Waals surface area contributed by atoms with Crippen LogP contribution in [0, 0.1) is 0 Å². The highest BCUT2D eigenvalue weighted by Gasteiger charge is 2.37. The number of ether oxygens (including phenoxy) is 1. The quantitative estimate of drug-likeness (QED) is 0.606. The Kier molecular flexibility index (Phi) is 3.85. The maximum atomic E-state index is 10.6. The van der Waals surface area contributed by atoms with E-state index in [0.717, 1.165) is 19.5 Å². The van der Waals surface area contributed by atoms with Crippen molar-refractivity contribution >= 4 is 11.1 Å². The van der Waals surface area contributed by atoms with Crippen LogP contribution < -0.4 is 0 Å². The first kappa shape index (κ1) is 11.1. The maximum Gasteiger partial charge on any atom is 0.0924 e. The first-order valence-corrected chi connectivity index (χ1v) is 5.71. The third-order valence-corrected chi connectivity index (χ3v) is 3.10. The van der Waals surface area contributed by atoms with Gasteiger partial charge in [0.1, 0.15) is 0 Å². The summed E-state index contributed by atoms with van der Waals surface area (Å²) < 4.78 is 26.8.